The highest BCUT2D eigenvalue weighted by Crippen LogP contribution is 2.30. The van der Waals surface area contributed by atoms with Crippen molar-refractivity contribution in [3.05, 3.63) is 63.6 Å². The SMILES string of the molecule is CN(C(=O)c1ccc(OCC2CC2)cc1)C1CCc2cc(Br)ccc2C1. The first-order valence-corrected chi connectivity index (χ1v) is 10.2. The number of hydrogen-bond donors (Lipinski definition) is 0. The van der Waals surface area contributed by atoms with Crippen molar-refractivity contribution in [3.63, 3.8) is 0 Å². The fraction of sp³-hybridized carbons (Fsp3) is 0.409. The lowest BCUT2D eigenvalue weighted by Gasteiger charge is -2.32. The van der Waals surface area contributed by atoms with E-state index in [1.807, 2.05) is 36.2 Å². The number of amides is 1. The average Bonchev–Trinajstić information content (AvgIpc) is 3.49. The smallest absolute Gasteiger partial charge is 0.253 e. The van der Waals surface area contributed by atoms with Crippen molar-refractivity contribution in [1.82, 2.24) is 4.90 Å². The fourth-order valence-electron chi connectivity index (χ4n) is 3.60. The standard InChI is InChI=1S/C22H24BrNO2/c1-24(20-9-5-17-12-19(23)8-4-18(17)13-20)22(25)16-6-10-21(11-7-16)26-14-15-2-3-15/h4,6-8,10-12,15,20H,2-3,5,9,13-14H2,1H3. The van der Waals surface area contributed by atoms with Crippen molar-refractivity contribution in [2.45, 2.75) is 38.1 Å². The monoisotopic (exact) mass is 413 g/mol. The third-order valence-corrected chi connectivity index (χ3v) is 6.02. The summed E-state index contributed by atoms with van der Waals surface area (Å²) in [5.41, 5.74) is 3.48. The first-order chi connectivity index (χ1) is 12.6. The van der Waals surface area contributed by atoms with E-state index in [4.69, 9.17) is 4.74 Å². The average molecular weight is 414 g/mol. The molecule has 2 aromatic rings. The molecule has 4 heteroatoms. The molecule has 1 amide bonds. The van der Waals surface area contributed by atoms with Crippen molar-refractivity contribution >= 4 is 21.8 Å². The van der Waals surface area contributed by atoms with Gasteiger partial charge in [-0.3, -0.25) is 4.79 Å². The predicted molar refractivity (Wildman–Crippen MR) is 107 cm³/mol. The molecule has 4 rings (SSSR count). The van der Waals surface area contributed by atoms with E-state index in [1.165, 1.54) is 24.0 Å². The molecule has 0 aliphatic heterocycles. The lowest BCUT2D eigenvalue weighted by molar-refractivity contribution is 0.0719. The first kappa shape index (κ1) is 17.6. The Morgan fingerprint density at radius 3 is 2.62 bits per heavy atom. The van der Waals surface area contributed by atoms with Gasteiger partial charge < -0.3 is 9.64 Å². The van der Waals surface area contributed by atoms with Gasteiger partial charge in [-0.2, -0.15) is 0 Å². The lowest BCUT2D eigenvalue weighted by atomic mass is 9.87. The maximum Gasteiger partial charge on any atom is 0.253 e. The Morgan fingerprint density at radius 1 is 1.12 bits per heavy atom. The van der Waals surface area contributed by atoms with Crippen LogP contribution in [0.4, 0.5) is 0 Å². The molecule has 26 heavy (non-hydrogen) atoms. The molecule has 2 aliphatic rings. The van der Waals surface area contributed by atoms with Gasteiger partial charge in [-0.25, -0.2) is 0 Å². The third-order valence-electron chi connectivity index (χ3n) is 5.52. The number of carbonyl (C=O) groups excluding carboxylic acids is 1. The molecule has 1 saturated carbocycles. The summed E-state index contributed by atoms with van der Waals surface area (Å²) in [7, 11) is 1.92. The minimum Gasteiger partial charge on any atom is -0.493 e. The van der Waals surface area contributed by atoms with E-state index in [1.54, 1.807) is 0 Å². The summed E-state index contributed by atoms with van der Waals surface area (Å²) in [6.45, 7) is 0.796. The number of aryl methyl sites for hydroxylation is 1. The fourth-order valence-corrected chi connectivity index (χ4v) is 4.01. The predicted octanol–water partition coefficient (Wildman–Crippen LogP) is 4.87. The van der Waals surface area contributed by atoms with Crippen LogP contribution in [0, 0.1) is 5.92 Å². The maximum atomic E-state index is 12.9. The van der Waals surface area contributed by atoms with Crippen LogP contribution in [0.5, 0.6) is 5.75 Å². The second-order valence-electron chi connectivity index (χ2n) is 7.50. The number of carbonyl (C=O) groups is 1. The molecule has 2 aliphatic carbocycles. The molecule has 3 nitrogen and oxygen atoms in total. The molecular weight excluding hydrogens is 390 g/mol. The number of hydrogen-bond acceptors (Lipinski definition) is 2. The summed E-state index contributed by atoms with van der Waals surface area (Å²) >= 11 is 3.54. The van der Waals surface area contributed by atoms with Gasteiger partial charge in [0.05, 0.1) is 6.61 Å². The van der Waals surface area contributed by atoms with E-state index in [9.17, 15) is 4.79 Å². The number of nitrogens with zero attached hydrogens (tertiary/aromatic N) is 1. The van der Waals surface area contributed by atoms with Crippen LogP contribution < -0.4 is 4.74 Å². The van der Waals surface area contributed by atoms with Gasteiger partial charge in [0.2, 0.25) is 0 Å². The van der Waals surface area contributed by atoms with E-state index < -0.39 is 0 Å². The largest absolute Gasteiger partial charge is 0.493 e. The highest BCUT2D eigenvalue weighted by molar-refractivity contribution is 9.10. The molecule has 0 aromatic heterocycles. The summed E-state index contributed by atoms with van der Waals surface area (Å²) in [6.07, 6.45) is 5.51. The third kappa shape index (κ3) is 3.96. The van der Waals surface area contributed by atoms with E-state index in [2.05, 4.69) is 34.1 Å². The van der Waals surface area contributed by atoms with Crippen molar-refractivity contribution in [2.24, 2.45) is 5.92 Å². The maximum absolute atomic E-state index is 12.9. The molecule has 0 spiro atoms. The molecular formula is C22H24BrNO2. The normalized spacial score (nSPS) is 18.9. The second kappa shape index (κ2) is 7.43. The number of benzene rings is 2. The summed E-state index contributed by atoms with van der Waals surface area (Å²) in [4.78, 5) is 14.8. The van der Waals surface area contributed by atoms with Crippen molar-refractivity contribution in [3.8, 4) is 5.75 Å². The Balaban J connectivity index is 1.40. The van der Waals surface area contributed by atoms with Gasteiger partial charge in [0.1, 0.15) is 5.75 Å². The van der Waals surface area contributed by atoms with Crippen LogP contribution in [-0.4, -0.2) is 30.5 Å². The van der Waals surface area contributed by atoms with Crippen molar-refractivity contribution in [1.29, 1.82) is 0 Å². The van der Waals surface area contributed by atoms with Crippen LogP contribution in [0.2, 0.25) is 0 Å². The Hall–Kier alpha value is -1.81. The summed E-state index contributed by atoms with van der Waals surface area (Å²) in [5, 5.41) is 0. The zero-order valence-corrected chi connectivity index (χ0v) is 16.7. The van der Waals surface area contributed by atoms with Gasteiger partial charge in [0.25, 0.3) is 5.91 Å². The Morgan fingerprint density at radius 2 is 1.88 bits per heavy atom. The number of ether oxygens (including phenoxy) is 1. The van der Waals surface area contributed by atoms with E-state index in [-0.39, 0.29) is 11.9 Å². The zero-order valence-electron chi connectivity index (χ0n) is 15.1. The number of likely N-dealkylation sites (N-methyl/N-ethyl adjacent to an activating group) is 1. The van der Waals surface area contributed by atoms with Crippen molar-refractivity contribution in [2.75, 3.05) is 13.7 Å². The molecule has 0 heterocycles. The second-order valence-corrected chi connectivity index (χ2v) is 8.42. The van der Waals surface area contributed by atoms with Gasteiger partial charge in [-0.1, -0.05) is 22.0 Å². The molecule has 0 N–H and O–H groups in total. The molecule has 1 unspecified atom stereocenters. The van der Waals surface area contributed by atoms with Gasteiger partial charge in [0.15, 0.2) is 0 Å². The molecule has 0 bridgehead atoms. The van der Waals surface area contributed by atoms with Crippen LogP contribution in [-0.2, 0) is 12.8 Å². The van der Waals surface area contributed by atoms with Crippen LogP contribution >= 0.6 is 15.9 Å². The highest BCUT2D eigenvalue weighted by Gasteiger charge is 2.26. The molecule has 1 fully saturated rings. The van der Waals surface area contributed by atoms with Gasteiger partial charge in [-0.15, -0.1) is 0 Å². The minimum atomic E-state index is 0.0873. The zero-order chi connectivity index (χ0) is 18.1. The Kier molecular flexibility index (Phi) is 5.03. The highest BCUT2D eigenvalue weighted by atomic mass is 79.9. The van der Waals surface area contributed by atoms with Gasteiger partial charge >= 0.3 is 0 Å². The van der Waals surface area contributed by atoms with Gasteiger partial charge in [0, 0.05) is 23.1 Å². The van der Waals surface area contributed by atoms with Crippen LogP contribution in [0.3, 0.4) is 0 Å². The summed E-state index contributed by atoms with van der Waals surface area (Å²) in [6, 6.07) is 14.3. The van der Waals surface area contributed by atoms with Crippen molar-refractivity contribution < 1.29 is 9.53 Å². The topological polar surface area (TPSA) is 29.5 Å². The van der Waals surface area contributed by atoms with Crippen LogP contribution in [0.1, 0.15) is 40.7 Å². The number of halogens is 1. The molecule has 2 aromatic carbocycles. The summed E-state index contributed by atoms with van der Waals surface area (Å²) in [5.74, 6) is 1.68. The Labute approximate surface area is 163 Å². The summed E-state index contributed by atoms with van der Waals surface area (Å²) < 4.78 is 6.89. The first-order valence-electron chi connectivity index (χ1n) is 9.37. The van der Waals surface area contributed by atoms with E-state index in [0.717, 1.165) is 47.6 Å². The minimum absolute atomic E-state index is 0.0873. The van der Waals surface area contributed by atoms with Crippen LogP contribution in [0.25, 0.3) is 0 Å². The molecule has 1 atom stereocenters. The number of fused-ring (bicyclic) bond motifs is 1. The molecule has 0 saturated heterocycles. The van der Waals surface area contributed by atoms with Crippen LogP contribution in [0.15, 0.2) is 46.9 Å². The van der Waals surface area contributed by atoms with Gasteiger partial charge in [-0.05, 0) is 85.5 Å². The van der Waals surface area contributed by atoms with E-state index >= 15 is 0 Å². The molecule has 0 radical (unpaired) electrons. The lowest BCUT2D eigenvalue weighted by Crippen LogP contribution is -2.40. The van der Waals surface area contributed by atoms with E-state index in [0.29, 0.717) is 0 Å². The Bertz CT molecular complexity index is 798. The number of rotatable bonds is 5. The molecule has 136 valence electrons. The quantitative estimate of drug-likeness (QED) is 0.699.